The molecule has 3 aromatic rings. The number of hydrazone groups is 1. The molecule has 0 heterocycles. The predicted octanol–water partition coefficient (Wildman–Crippen LogP) is 5.78. The van der Waals surface area contributed by atoms with Crippen molar-refractivity contribution in [1.82, 2.24) is 5.43 Å². The Labute approximate surface area is 199 Å². The van der Waals surface area contributed by atoms with E-state index in [1.165, 1.54) is 18.3 Å². The molecule has 0 spiro atoms. The summed E-state index contributed by atoms with van der Waals surface area (Å²) in [5.41, 5.74) is 3.30. The second kappa shape index (κ2) is 11.0. The number of ether oxygens (including phenoxy) is 2. The Balaban J connectivity index is 1.51. The summed E-state index contributed by atoms with van der Waals surface area (Å²) in [4.78, 5) is 24.4. The van der Waals surface area contributed by atoms with Crippen LogP contribution in [0.2, 0.25) is 15.1 Å². The number of nitrogens with zero attached hydrogens (tertiary/aromatic N) is 1. The van der Waals surface area contributed by atoms with Gasteiger partial charge < -0.3 is 9.47 Å². The van der Waals surface area contributed by atoms with E-state index in [0.29, 0.717) is 27.1 Å². The number of rotatable bonds is 7. The zero-order valence-corrected chi connectivity index (χ0v) is 19.0. The van der Waals surface area contributed by atoms with E-state index in [0.717, 1.165) is 0 Å². The first kappa shape index (κ1) is 23.6. The third-order valence-electron chi connectivity index (χ3n) is 4.13. The normalized spacial score (nSPS) is 11.8. The molecule has 1 N–H and O–H groups in total. The van der Waals surface area contributed by atoms with Gasteiger partial charge in [-0.25, -0.2) is 10.2 Å². The Bertz CT molecular complexity index is 1130. The number of esters is 1. The van der Waals surface area contributed by atoms with Crippen LogP contribution in [0.1, 0.15) is 22.8 Å². The molecule has 3 aromatic carbocycles. The predicted molar refractivity (Wildman–Crippen MR) is 125 cm³/mol. The Morgan fingerprint density at radius 2 is 1.53 bits per heavy atom. The number of hydrogen-bond acceptors (Lipinski definition) is 5. The molecule has 0 aromatic heterocycles. The van der Waals surface area contributed by atoms with Crippen molar-refractivity contribution in [3.63, 3.8) is 0 Å². The van der Waals surface area contributed by atoms with E-state index >= 15 is 0 Å². The average Bonchev–Trinajstić information content (AvgIpc) is 2.76. The third-order valence-corrected chi connectivity index (χ3v) is 4.93. The minimum Gasteiger partial charge on any atom is -0.481 e. The van der Waals surface area contributed by atoms with Gasteiger partial charge in [0.25, 0.3) is 5.91 Å². The zero-order chi connectivity index (χ0) is 23.1. The highest BCUT2D eigenvalue weighted by Crippen LogP contribution is 2.23. The Hall–Kier alpha value is -3.06. The maximum absolute atomic E-state index is 12.2. The molecule has 0 fully saturated rings. The fourth-order valence-electron chi connectivity index (χ4n) is 2.47. The van der Waals surface area contributed by atoms with Crippen molar-refractivity contribution in [3.8, 4) is 11.5 Å². The highest BCUT2D eigenvalue weighted by molar-refractivity contribution is 6.36. The Kier molecular flexibility index (Phi) is 8.11. The van der Waals surface area contributed by atoms with Crippen molar-refractivity contribution < 1.29 is 19.1 Å². The van der Waals surface area contributed by atoms with Gasteiger partial charge in [-0.2, -0.15) is 5.10 Å². The molecule has 0 saturated carbocycles. The first-order valence-corrected chi connectivity index (χ1v) is 10.5. The minimum absolute atomic E-state index is 0.205. The van der Waals surface area contributed by atoms with Gasteiger partial charge in [0.1, 0.15) is 11.5 Å². The number of halogens is 3. The molecule has 1 atom stereocenters. The van der Waals surface area contributed by atoms with Gasteiger partial charge in [0.15, 0.2) is 6.10 Å². The number of amides is 1. The summed E-state index contributed by atoms with van der Waals surface area (Å²) < 4.78 is 10.8. The van der Waals surface area contributed by atoms with Crippen molar-refractivity contribution in [2.75, 3.05) is 0 Å². The second-order valence-corrected chi connectivity index (χ2v) is 7.81. The molecule has 6 nitrogen and oxygen atoms in total. The van der Waals surface area contributed by atoms with Crippen LogP contribution in [0.15, 0.2) is 71.8 Å². The first-order chi connectivity index (χ1) is 15.3. The molecule has 32 heavy (non-hydrogen) atoms. The zero-order valence-electron chi connectivity index (χ0n) is 16.7. The van der Waals surface area contributed by atoms with Gasteiger partial charge in [0, 0.05) is 10.0 Å². The summed E-state index contributed by atoms with van der Waals surface area (Å²) in [6, 6.07) is 17.7. The lowest BCUT2D eigenvalue weighted by molar-refractivity contribution is -0.127. The van der Waals surface area contributed by atoms with Crippen LogP contribution in [0.25, 0.3) is 0 Å². The van der Waals surface area contributed by atoms with Gasteiger partial charge in [-0.15, -0.1) is 0 Å². The van der Waals surface area contributed by atoms with Crippen LogP contribution in [-0.2, 0) is 4.79 Å². The van der Waals surface area contributed by atoms with Gasteiger partial charge >= 0.3 is 5.97 Å². The lowest BCUT2D eigenvalue weighted by Crippen LogP contribution is -2.33. The van der Waals surface area contributed by atoms with Crippen molar-refractivity contribution in [1.29, 1.82) is 0 Å². The first-order valence-electron chi connectivity index (χ1n) is 9.34. The van der Waals surface area contributed by atoms with Gasteiger partial charge in [-0.1, -0.05) is 34.8 Å². The third kappa shape index (κ3) is 6.72. The fourth-order valence-corrected chi connectivity index (χ4v) is 3.08. The van der Waals surface area contributed by atoms with Crippen LogP contribution < -0.4 is 14.9 Å². The highest BCUT2D eigenvalue weighted by atomic mass is 35.5. The molecule has 9 heteroatoms. The van der Waals surface area contributed by atoms with Gasteiger partial charge in [-0.3, -0.25) is 4.79 Å². The Morgan fingerprint density at radius 3 is 2.19 bits per heavy atom. The number of benzene rings is 3. The van der Waals surface area contributed by atoms with Crippen molar-refractivity contribution in [2.45, 2.75) is 13.0 Å². The van der Waals surface area contributed by atoms with Gasteiger partial charge in [0.05, 0.1) is 16.8 Å². The van der Waals surface area contributed by atoms with E-state index in [9.17, 15) is 9.59 Å². The molecule has 0 unspecified atom stereocenters. The molecule has 1 amide bonds. The summed E-state index contributed by atoms with van der Waals surface area (Å²) in [6.07, 6.45) is 0.698. The topological polar surface area (TPSA) is 77.0 Å². The molecule has 3 rings (SSSR count). The lowest BCUT2D eigenvalue weighted by Gasteiger charge is -2.12. The van der Waals surface area contributed by atoms with E-state index in [1.807, 2.05) is 0 Å². The number of nitrogens with one attached hydrogen (secondary N) is 1. The van der Waals surface area contributed by atoms with Crippen LogP contribution in [0.3, 0.4) is 0 Å². The smallest absolute Gasteiger partial charge is 0.345 e. The second-order valence-electron chi connectivity index (χ2n) is 6.53. The standard InChI is InChI=1S/C23H17Cl3N2O4/c1-14(31-18-9-4-16(24)5-10-18)22(29)28-27-13-15-2-7-19(8-3-15)32-23(30)20-11-6-17(25)12-21(20)26/h2-14H,1H3,(H,28,29)/b27-13-/t14-/m0/s1. The summed E-state index contributed by atoms with van der Waals surface area (Å²) in [6.45, 7) is 1.61. The van der Waals surface area contributed by atoms with E-state index in [-0.39, 0.29) is 10.6 Å². The average molecular weight is 492 g/mol. The molecule has 0 aliphatic rings. The SMILES string of the molecule is C[C@H](Oc1ccc(Cl)cc1)C(=O)N/N=C\c1ccc(OC(=O)c2ccc(Cl)cc2Cl)cc1. The molecule has 0 saturated heterocycles. The molecular formula is C23H17Cl3N2O4. The van der Waals surface area contributed by atoms with Crippen LogP contribution >= 0.6 is 34.8 Å². The van der Waals surface area contributed by atoms with Crippen molar-refractivity contribution in [3.05, 3.63) is 92.9 Å². The van der Waals surface area contributed by atoms with Crippen molar-refractivity contribution in [2.24, 2.45) is 5.10 Å². The molecule has 0 aliphatic carbocycles. The quantitative estimate of drug-likeness (QED) is 0.197. The summed E-state index contributed by atoms with van der Waals surface area (Å²) in [5.74, 6) is -0.171. The molecular weight excluding hydrogens is 475 g/mol. The summed E-state index contributed by atoms with van der Waals surface area (Å²) in [7, 11) is 0. The number of hydrogen-bond donors (Lipinski definition) is 1. The lowest BCUT2D eigenvalue weighted by atomic mass is 10.2. The van der Waals surface area contributed by atoms with Gasteiger partial charge in [0.2, 0.25) is 0 Å². The largest absolute Gasteiger partial charge is 0.481 e. The van der Waals surface area contributed by atoms with E-state index in [4.69, 9.17) is 44.3 Å². The maximum Gasteiger partial charge on any atom is 0.345 e. The van der Waals surface area contributed by atoms with Crippen LogP contribution in [0.5, 0.6) is 11.5 Å². The number of carbonyl (C=O) groups excluding carboxylic acids is 2. The maximum atomic E-state index is 12.2. The highest BCUT2D eigenvalue weighted by Gasteiger charge is 2.14. The van der Waals surface area contributed by atoms with Crippen LogP contribution in [-0.4, -0.2) is 24.2 Å². The van der Waals surface area contributed by atoms with E-state index in [2.05, 4.69) is 10.5 Å². The molecule has 0 bridgehead atoms. The van der Waals surface area contributed by atoms with E-state index < -0.39 is 18.0 Å². The van der Waals surface area contributed by atoms with Crippen molar-refractivity contribution >= 4 is 52.9 Å². The summed E-state index contributed by atoms with van der Waals surface area (Å²) >= 11 is 17.7. The molecule has 0 aliphatic heterocycles. The van der Waals surface area contributed by atoms with Crippen LogP contribution in [0.4, 0.5) is 0 Å². The molecule has 164 valence electrons. The minimum atomic E-state index is -0.755. The Morgan fingerprint density at radius 1 is 0.906 bits per heavy atom. The summed E-state index contributed by atoms with van der Waals surface area (Å²) in [5, 5.41) is 5.12. The van der Waals surface area contributed by atoms with E-state index in [1.54, 1.807) is 61.5 Å². The molecule has 0 radical (unpaired) electrons. The number of carbonyl (C=O) groups is 2. The fraction of sp³-hybridized carbons (Fsp3) is 0.0870. The monoisotopic (exact) mass is 490 g/mol. The van der Waals surface area contributed by atoms with Crippen LogP contribution in [0, 0.1) is 0 Å². The van der Waals surface area contributed by atoms with Gasteiger partial charge in [-0.05, 0) is 79.2 Å².